The van der Waals surface area contributed by atoms with E-state index in [-0.39, 0.29) is 5.92 Å². The molecule has 1 saturated heterocycles. The number of pyridine rings is 1. The zero-order valence-electron chi connectivity index (χ0n) is 16.9. The summed E-state index contributed by atoms with van der Waals surface area (Å²) in [6.07, 6.45) is 11.2. The highest BCUT2D eigenvalue weighted by atomic mass is 16.5. The number of rotatable bonds is 4. The van der Waals surface area contributed by atoms with Crippen LogP contribution in [0.2, 0.25) is 0 Å². The van der Waals surface area contributed by atoms with Crippen LogP contribution in [0.25, 0.3) is 11.4 Å². The van der Waals surface area contributed by atoms with Crippen molar-refractivity contribution in [3.05, 3.63) is 24.2 Å². The van der Waals surface area contributed by atoms with Crippen LogP contribution in [-0.2, 0) is 4.79 Å². The minimum absolute atomic E-state index is 0.267. The van der Waals surface area contributed by atoms with Crippen molar-refractivity contribution >= 4 is 11.7 Å². The summed E-state index contributed by atoms with van der Waals surface area (Å²) in [4.78, 5) is 26.1. The number of anilines is 1. The van der Waals surface area contributed by atoms with Crippen LogP contribution in [-0.4, -0.2) is 52.1 Å². The predicted octanol–water partition coefficient (Wildman–Crippen LogP) is 3.63. The Kier molecular flexibility index (Phi) is 5.21. The lowest BCUT2D eigenvalue weighted by molar-refractivity contribution is -0.135. The normalized spacial score (nSPS) is 21.2. The molecule has 0 atom stereocenters. The van der Waals surface area contributed by atoms with E-state index in [1.54, 1.807) is 0 Å². The second kappa shape index (κ2) is 8.13. The molecule has 2 aliphatic carbocycles. The second-order valence-corrected chi connectivity index (χ2v) is 8.64. The molecule has 3 fully saturated rings. The van der Waals surface area contributed by atoms with Gasteiger partial charge in [-0.2, -0.15) is 4.98 Å². The fraction of sp³-hybridized carbons (Fsp3) is 0.636. The monoisotopic (exact) mass is 395 g/mol. The van der Waals surface area contributed by atoms with Gasteiger partial charge in [-0.3, -0.25) is 4.79 Å². The number of piperazine rings is 1. The van der Waals surface area contributed by atoms with Crippen molar-refractivity contribution in [2.45, 2.75) is 57.3 Å². The van der Waals surface area contributed by atoms with E-state index >= 15 is 0 Å². The van der Waals surface area contributed by atoms with Crippen LogP contribution < -0.4 is 4.90 Å². The fourth-order valence-corrected chi connectivity index (χ4v) is 4.98. The first-order valence-electron chi connectivity index (χ1n) is 11.1. The third-order valence-corrected chi connectivity index (χ3v) is 6.77. The summed E-state index contributed by atoms with van der Waals surface area (Å²) >= 11 is 0. The minimum atomic E-state index is 0.267. The Bertz CT molecular complexity index is 829. The van der Waals surface area contributed by atoms with E-state index in [0.29, 0.717) is 17.6 Å². The van der Waals surface area contributed by atoms with Gasteiger partial charge in [-0.1, -0.05) is 30.8 Å². The Morgan fingerprint density at radius 3 is 2.38 bits per heavy atom. The van der Waals surface area contributed by atoms with Gasteiger partial charge in [0.05, 0.1) is 0 Å². The molecule has 0 unspecified atom stereocenters. The summed E-state index contributed by atoms with van der Waals surface area (Å²) in [5.41, 5.74) is 0.886. The van der Waals surface area contributed by atoms with Crippen LogP contribution in [0.4, 0.5) is 5.82 Å². The molecular formula is C22H29N5O2. The van der Waals surface area contributed by atoms with Crippen molar-refractivity contribution in [1.82, 2.24) is 20.0 Å². The van der Waals surface area contributed by atoms with E-state index in [1.807, 2.05) is 23.2 Å². The molecule has 29 heavy (non-hydrogen) atoms. The molecule has 7 nitrogen and oxygen atoms in total. The standard InChI is InChI=1S/C22H29N5O2/c28-22(17-7-3-4-8-17)27-13-11-26(12-14-27)19-10-9-18(15-23-19)20-24-21(29-25-20)16-5-1-2-6-16/h9-10,15-17H,1-8,11-14H2. The maximum absolute atomic E-state index is 12.6. The summed E-state index contributed by atoms with van der Waals surface area (Å²) in [6.45, 7) is 3.24. The molecule has 2 aromatic rings. The van der Waals surface area contributed by atoms with Crippen molar-refractivity contribution in [2.75, 3.05) is 31.1 Å². The third kappa shape index (κ3) is 3.87. The largest absolute Gasteiger partial charge is 0.353 e. The van der Waals surface area contributed by atoms with E-state index in [2.05, 4.69) is 20.0 Å². The minimum Gasteiger partial charge on any atom is -0.353 e. The van der Waals surface area contributed by atoms with Gasteiger partial charge in [-0.05, 0) is 37.8 Å². The maximum atomic E-state index is 12.6. The van der Waals surface area contributed by atoms with Gasteiger partial charge in [0.15, 0.2) is 0 Å². The second-order valence-electron chi connectivity index (χ2n) is 8.64. The molecule has 5 rings (SSSR count). The number of nitrogens with zero attached hydrogens (tertiary/aromatic N) is 5. The molecule has 0 N–H and O–H groups in total. The molecule has 0 aromatic carbocycles. The SMILES string of the molecule is O=C(C1CCCC1)N1CCN(c2ccc(-c3noc(C4CCCC4)n3)cn2)CC1. The first-order chi connectivity index (χ1) is 14.3. The number of aromatic nitrogens is 3. The first-order valence-corrected chi connectivity index (χ1v) is 11.1. The molecule has 3 heterocycles. The average Bonchev–Trinajstić information content (AvgIpc) is 3.55. The van der Waals surface area contributed by atoms with Crippen LogP contribution >= 0.6 is 0 Å². The maximum Gasteiger partial charge on any atom is 0.230 e. The van der Waals surface area contributed by atoms with Crippen molar-refractivity contribution < 1.29 is 9.32 Å². The van der Waals surface area contributed by atoms with Crippen molar-refractivity contribution in [3.63, 3.8) is 0 Å². The van der Waals surface area contributed by atoms with Gasteiger partial charge < -0.3 is 14.3 Å². The van der Waals surface area contributed by atoms with Crippen molar-refractivity contribution in [3.8, 4) is 11.4 Å². The Morgan fingerprint density at radius 2 is 1.69 bits per heavy atom. The van der Waals surface area contributed by atoms with Crippen molar-refractivity contribution in [2.24, 2.45) is 5.92 Å². The fourth-order valence-electron chi connectivity index (χ4n) is 4.98. The topological polar surface area (TPSA) is 75.4 Å². The van der Waals surface area contributed by atoms with Gasteiger partial charge in [-0.25, -0.2) is 4.98 Å². The molecule has 154 valence electrons. The number of hydrogen-bond donors (Lipinski definition) is 0. The third-order valence-electron chi connectivity index (χ3n) is 6.77. The van der Waals surface area contributed by atoms with Crippen LogP contribution in [0.15, 0.2) is 22.9 Å². The quantitative estimate of drug-likeness (QED) is 0.787. The highest BCUT2D eigenvalue weighted by molar-refractivity contribution is 5.79. The molecule has 1 amide bonds. The molecule has 0 bridgehead atoms. The van der Waals surface area contributed by atoms with Gasteiger partial charge in [0.2, 0.25) is 17.6 Å². The van der Waals surface area contributed by atoms with Crippen LogP contribution in [0.1, 0.15) is 63.2 Å². The Labute approximate surface area is 171 Å². The van der Waals surface area contributed by atoms with Gasteiger partial charge >= 0.3 is 0 Å². The van der Waals surface area contributed by atoms with Gasteiger partial charge in [0.1, 0.15) is 5.82 Å². The molecule has 2 aromatic heterocycles. The molecule has 1 aliphatic heterocycles. The van der Waals surface area contributed by atoms with Gasteiger partial charge in [-0.15, -0.1) is 0 Å². The number of hydrogen-bond acceptors (Lipinski definition) is 6. The van der Waals surface area contributed by atoms with Gasteiger partial charge in [0, 0.05) is 49.8 Å². The number of amides is 1. The highest BCUT2D eigenvalue weighted by Crippen LogP contribution is 2.34. The zero-order valence-corrected chi connectivity index (χ0v) is 16.9. The summed E-state index contributed by atoms with van der Waals surface area (Å²) in [6, 6.07) is 4.04. The molecule has 2 saturated carbocycles. The van der Waals surface area contributed by atoms with E-state index in [4.69, 9.17) is 4.52 Å². The molecular weight excluding hydrogens is 366 g/mol. The lowest BCUT2D eigenvalue weighted by atomic mass is 10.1. The zero-order chi connectivity index (χ0) is 19.6. The Morgan fingerprint density at radius 1 is 0.966 bits per heavy atom. The molecule has 0 spiro atoms. The van der Waals surface area contributed by atoms with E-state index < -0.39 is 0 Å². The number of carbonyl (C=O) groups excluding carboxylic acids is 1. The Balaban J connectivity index is 1.19. The van der Waals surface area contributed by atoms with Crippen LogP contribution in [0.5, 0.6) is 0 Å². The summed E-state index contributed by atoms with van der Waals surface area (Å²) < 4.78 is 5.49. The average molecular weight is 396 g/mol. The summed E-state index contributed by atoms with van der Waals surface area (Å²) in [5.74, 6) is 3.39. The first kappa shape index (κ1) is 18.6. The Hall–Kier alpha value is -2.44. The van der Waals surface area contributed by atoms with E-state index in [9.17, 15) is 4.79 Å². The van der Waals surface area contributed by atoms with Crippen molar-refractivity contribution in [1.29, 1.82) is 0 Å². The highest BCUT2D eigenvalue weighted by Gasteiger charge is 2.29. The molecule has 3 aliphatic rings. The lowest BCUT2D eigenvalue weighted by Crippen LogP contribution is -2.50. The predicted molar refractivity (Wildman–Crippen MR) is 109 cm³/mol. The smallest absolute Gasteiger partial charge is 0.230 e. The van der Waals surface area contributed by atoms with Crippen LogP contribution in [0.3, 0.4) is 0 Å². The van der Waals surface area contributed by atoms with Gasteiger partial charge in [0.25, 0.3) is 0 Å². The number of carbonyl (C=O) groups is 1. The van der Waals surface area contributed by atoms with E-state index in [0.717, 1.165) is 69.1 Å². The van der Waals surface area contributed by atoms with E-state index in [1.165, 1.54) is 25.7 Å². The van der Waals surface area contributed by atoms with Crippen LogP contribution in [0, 0.1) is 5.92 Å². The summed E-state index contributed by atoms with van der Waals surface area (Å²) in [5, 5.41) is 4.16. The molecule has 7 heteroatoms. The molecule has 0 radical (unpaired) electrons. The lowest BCUT2D eigenvalue weighted by Gasteiger charge is -2.36. The summed E-state index contributed by atoms with van der Waals surface area (Å²) in [7, 11) is 0.